The number of carbonyl (C=O) groups is 1. The summed E-state index contributed by atoms with van der Waals surface area (Å²) in [7, 11) is 0. The zero-order valence-electron chi connectivity index (χ0n) is 18.1. The fourth-order valence-electron chi connectivity index (χ4n) is 3.91. The summed E-state index contributed by atoms with van der Waals surface area (Å²) >= 11 is 5.86. The van der Waals surface area contributed by atoms with E-state index in [0.717, 1.165) is 29.4 Å². The lowest BCUT2D eigenvalue weighted by Gasteiger charge is -2.20. The van der Waals surface area contributed by atoms with E-state index in [-0.39, 0.29) is 22.9 Å². The number of hydrogen-bond acceptors (Lipinski definition) is 6. The standard InChI is InChI=1S/C25H26ClN3O4/c26-22-13-17(7-9-23(22)31)25(32)28-27-14-18-8-10-24(21-6-2-1-5-20(18)21)33-16-19(30)15-29-11-3-4-12-29/h1-2,5-10,13-14,19,30-31H,3-4,11-12,15-16H2,(H,28,32)/b27-14+. The van der Waals surface area contributed by atoms with Crippen molar-refractivity contribution in [3.63, 3.8) is 0 Å². The maximum absolute atomic E-state index is 12.3. The number of amides is 1. The Bertz CT molecular complexity index is 1160. The summed E-state index contributed by atoms with van der Waals surface area (Å²) < 4.78 is 5.94. The van der Waals surface area contributed by atoms with Crippen LogP contribution in [0.4, 0.5) is 0 Å². The van der Waals surface area contributed by atoms with Crippen LogP contribution in [-0.4, -0.2) is 59.6 Å². The van der Waals surface area contributed by atoms with E-state index in [1.807, 2.05) is 36.4 Å². The van der Waals surface area contributed by atoms with E-state index in [2.05, 4.69) is 15.4 Å². The molecule has 1 fully saturated rings. The number of halogens is 1. The summed E-state index contributed by atoms with van der Waals surface area (Å²) in [6.07, 6.45) is 3.38. The van der Waals surface area contributed by atoms with Gasteiger partial charge in [0.15, 0.2) is 0 Å². The number of nitrogens with one attached hydrogen (secondary N) is 1. The molecule has 3 aromatic rings. The van der Waals surface area contributed by atoms with Crippen molar-refractivity contribution >= 4 is 34.5 Å². The van der Waals surface area contributed by atoms with Crippen molar-refractivity contribution in [3.05, 3.63) is 70.7 Å². The Hall–Kier alpha value is -3.13. The number of phenols is 1. The number of nitrogens with zero attached hydrogens (tertiary/aromatic N) is 2. The van der Waals surface area contributed by atoms with E-state index >= 15 is 0 Å². The van der Waals surface area contributed by atoms with Crippen LogP contribution in [0.15, 0.2) is 59.7 Å². The average molecular weight is 468 g/mol. The number of rotatable bonds is 8. The molecule has 0 aliphatic carbocycles. The first-order valence-electron chi connectivity index (χ1n) is 10.9. The number of carbonyl (C=O) groups excluding carboxylic acids is 1. The fourth-order valence-corrected chi connectivity index (χ4v) is 4.09. The molecule has 3 aromatic carbocycles. The lowest BCUT2D eigenvalue weighted by atomic mass is 10.0. The van der Waals surface area contributed by atoms with Crippen molar-refractivity contribution < 1.29 is 19.7 Å². The van der Waals surface area contributed by atoms with Gasteiger partial charge in [0.2, 0.25) is 0 Å². The van der Waals surface area contributed by atoms with Crippen LogP contribution in [0.5, 0.6) is 11.5 Å². The zero-order chi connectivity index (χ0) is 23.2. The number of hydrazone groups is 1. The SMILES string of the molecule is O=C(N/N=C/c1ccc(OCC(O)CN2CCCC2)c2ccccc12)c1ccc(O)c(Cl)c1. The van der Waals surface area contributed by atoms with Gasteiger partial charge >= 0.3 is 0 Å². The molecular weight excluding hydrogens is 442 g/mol. The molecule has 172 valence electrons. The highest BCUT2D eigenvalue weighted by atomic mass is 35.5. The summed E-state index contributed by atoms with van der Waals surface area (Å²) in [5, 5.41) is 25.8. The second-order valence-corrected chi connectivity index (χ2v) is 8.44. The monoisotopic (exact) mass is 467 g/mol. The second-order valence-electron chi connectivity index (χ2n) is 8.04. The molecule has 0 spiro atoms. The van der Waals surface area contributed by atoms with Gasteiger partial charge in [0.05, 0.1) is 11.2 Å². The van der Waals surface area contributed by atoms with Crippen molar-refractivity contribution in [3.8, 4) is 11.5 Å². The van der Waals surface area contributed by atoms with Crippen LogP contribution in [0.1, 0.15) is 28.8 Å². The minimum atomic E-state index is -0.549. The van der Waals surface area contributed by atoms with Crippen LogP contribution in [0.3, 0.4) is 0 Å². The predicted molar refractivity (Wildman–Crippen MR) is 129 cm³/mol. The number of β-amino-alcohol motifs (C(OH)–C–C–N with tert-alkyl or cyclic N) is 1. The molecular formula is C25H26ClN3O4. The quantitative estimate of drug-likeness (QED) is 0.346. The lowest BCUT2D eigenvalue weighted by molar-refractivity contribution is 0.0764. The number of phenolic OH excluding ortho intramolecular Hbond substituents is 1. The van der Waals surface area contributed by atoms with Crippen molar-refractivity contribution in [2.45, 2.75) is 18.9 Å². The van der Waals surface area contributed by atoms with Gasteiger partial charge < -0.3 is 19.8 Å². The van der Waals surface area contributed by atoms with Gasteiger partial charge in [0.1, 0.15) is 24.2 Å². The highest BCUT2D eigenvalue weighted by molar-refractivity contribution is 6.32. The number of hydrogen-bond donors (Lipinski definition) is 3. The number of aliphatic hydroxyl groups excluding tert-OH is 1. The lowest BCUT2D eigenvalue weighted by Crippen LogP contribution is -2.33. The maximum Gasteiger partial charge on any atom is 0.271 e. The van der Waals surface area contributed by atoms with Gasteiger partial charge in [-0.25, -0.2) is 5.43 Å². The summed E-state index contributed by atoms with van der Waals surface area (Å²) in [6.45, 7) is 2.91. The van der Waals surface area contributed by atoms with E-state index < -0.39 is 12.0 Å². The van der Waals surface area contributed by atoms with E-state index in [1.165, 1.54) is 31.0 Å². The first-order chi connectivity index (χ1) is 16.0. The number of likely N-dealkylation sites (tertiary alicyclic amines) is 1. The van der Waals surface area contributed by atoms with Crippen LogP contribution in [0, 0.1) is 0 Å². The smallest absolute Gasteiger partial charge is 0.271 e. The van der Waals surface area contributed by atoms with Crippen molar-refractivity contribution in [1.29, 1.82) is 0 Å². The zero-order valence-corrected chi connectivity index (χ0v) is 18.8. The number of aromatic hydroxyl groups is 1. The highest BCUT2D eigenvalue weighted by Gasteiger charge is 2.16. The van der Waals surface area contributed by atoms with E-state index in [4.69, 9.17) is 16.3 Å². The van der Waals surface area contributed by atoms with Crippen LogP contribution in [0.25, 0.3) is 10.8 Å². The van der Waals surface area contributed by atoms with Gasteiger partial charge in [0, 0.05) is 23.1 Å². The van der Waals surface area contributed by atoms with Gasteiger partial charge in [-0.3, -0.25) is 4.79 Å². The number of benzene rings is 3. The fraction of sp³-hybridized carbons (Fsp3) is 0.280. The average Bonchev–Trinajstić information content (AvgIpc) is 3.33. The topological polar surface area (TPSA) is 94.4 Å². The summed E-state index contributed by atoms with van der Waals surface area (Å²) in [5.41, 5.74) is 3.56. The Morgan fingerprint density at radius 3 is 2.67 bits per heavy atom. The van der Waals surface area contributed by atoms with Gasteiger partial charge in [-0.05, 0) is 61.6 Å². The molecule has 1 unspecified atom stereocenters. The third-order valence-corrected chi connectivity index (χ3v) is 5.90. The van der Waals surface area contributed by atoms with Crippen LogP contribution in [-0.2, 0) is 0 Å². The van der Waals surface area contributed by atoms with Gasteiger partial charge in [-0.1, -0.05) is 35.9 Å². The van der Waals surface area contributed by atoms with Crippen molar-refractivity contribution in [1.82, 2.24) is 10.3 Å². The van der Waals surface area contributed by atoms with Gasteiger partial charge in [-0.15, -0.1) is 0 Å². The molecule has 8 heteroatoms. The molecule has 33 heavy (non-hydrogen) atoms. The Morgan fingerprint density at radius 2 is 1.91 bits per heavy atom. The largest absolute Gasteiger partial charge is 0.506 e. The van der Waals surface area contributed by atoms with Crippen LogP contribution in [0.2, 0.25) is 5.02 Å². The molecule has 0 aromatic heterocycles. The minimum Gasteiger partial charge on any atom is -0.506 e. The Labute approximate surface area is 197 Å². The Morgan fingerprint density at radius 1 is 1.15 bits per heavy atom. The molecule has 1 saturated heterocycles. The van der Waals surface area contributed by atoms with Crippen molar-refractivity contribution in [2.24, 2.45) is 5.10 Å². The van der Waals surface area contributed by atoms with Gasteiger partial charge in [0.25, 0.3) is 5.91 Å². The number of fused-ring (bicyclic) bond motifs is 1. The summed E-state index contributed by atoms with van der Waals surface area (Å²) in [4.78, 5) is 14.5. The molecule has 1 aliphatic rings. The first-order valence-corrected chi connectivity index (χ1v) is 11.3. The Kier molecular flexibility index (Phi) is 7.44. The minimum absolute atomic E-state index is 0.0888. The number of aliphatic hydroxyl groups is 1. The molecule has 0 saturated carbocycles. The maximum atomic E-state index is 12.3. The van der Waals surface area contributed by atoms with E-state index in [0.29, 0.717) is 12.3 Å². The molecule has 1 amide bonds. The van der Waals surface area contributed by atoms with Crippen LogP contribution < -0.4 is 10.2 Å². The van der Waals surface area contributed by atoms with Crippen LogP contribution >= 0.6 is 11.6 Å². The summed E-state index contributed by atoms with van der Waals surface area (Å²) in [6, 6.07) is 15.6. The van der Waals surface area contributed by atoms with E-state index in [1.54, 1.807) is 6.21 Å². The molecule has 1 heterocycles. The summed E-state index contributed by atoms with van der Waals surface area (Å²) in [5.74, 6) is 0.157. The predicted octanol–water partition coefficient (Wildman–Crippen LogP) is 3.80. The molecule has 0 radical (unpaired) electrons. The van der Waals surface area contributed by atoms with E-state index in [9.17, 15) is 15.0 Å². The number of ether oxygens (including phenoxy) is 1. The van der Waals surface area contributed by atoms with Crippen molar-refractivity contribution in [2.75, 3.05) is 26.2 Å². The highest BCUT2D eigenvalue weighted by Crippen LogP contribution is 2.28. The molecule has 4 rings (SSSR count). The van der Waals surface area contributed by atoms with Gasteiger partial charge in [-0.2, -0.15) is 5.10 Å². The molecule has 3 N–H and O–H groups in total. The normalized spacial score (nSPS) is 15.2. The molecule has 0 bridgehead atoms. The third kappa shape index (κ3) is 5.82. The Balaban J connectivity index is 1.43. The second kappa shape index (κ2) is 10.7. The third-order valence-electron chi connectivity index (χ3n) is 5.60. The molecule has 7 nitrogen and oxygen atoms in total. The molecule has 1 atom stereocenters. The molecule has 1 aliphatic heterocycles. The first kappa shape index (κ1) is 23.0.